The molecule has 1 aromatic rings. The number of rotatable bonds is 4. The van der Waals surface area contributed by atoms with Crippen molar-refractivity contribution in [1.29, 1.82) is 0 Å². The smallest absolute Gasteiger partial charge is 0.411 e. The fourth-order valence-electron chi connectivity index (χ4n) is 2.19. The van der Waals surface area contributed by atoms with E-state index in [9.17, 15) is 18.0 Å². The molecule has 2 atom stereocenters. The van der Waals surface area contributed by atoms with Gasteiger partial charge < -0.3 is 14.4 Å². The van der Waals surface area contributed by atoms with Crippen LogP contribution in [0.4, 0.5) is 18.9 Å². The number of halogens is 3. The molecule has 0 bridgehead atoms. The third kappa shape index (κ3) is 3.22. The molecule has 0 aliphatic carbocycles. The molecule has 1 aliphatic heterocycles. The van der Waals surface area contributed by atoms with Crippen molar-refractivity contribution in [2.45, 2.75) is 38.2 Å². The van der Waals surface area contributed by atoms with Gasteiger partial charge in [-0.25, -0.2) is 4.79 Å². The van der Waals surface area contributed by atoms with E-state index in [4.69, 9.17) is 9.47 Å². The normalized spacial score (nSPS) is 21.4. The second kappa shape index (κ2) is 5.46. The van der Waals surface area contributed by atoms with E-state index in [0.29, 0.717) is 11.4 Å². The Morgan fingerprint density at radius 3 is 2.24 bits per heavy atom. The predicted octanol–water partition coefficient (Wildman–Crippen LogP) is 2.77. The maximum absolute atomic E-state index is 13.0. The Hall–Kier alpha value is -1.92. The molecular weight excluding hydrogens is 287 g/mol. The molecule has 0 amide bonds. The topological polar surface area (TPSA) is 38.5 Å². The number of carbonyl (C=O) groups excluding carboxylic acids is 1. The van der Waals surface area contributed by atoms with Gasteiger partial charge in [0, 0.05) is 5.69 Å². The lowest BCUT2D eigenvalue weighted by atomic mass is 10.3. The van der Waals surface area contributed by atoms with Crippen molar-refractivity contribution in [2.24, 2.45) is 0 Å². The summed E-state index contributed by atoms with van der Waals surface area (Å²) in [6.07, 6.45) is -4.94. The number of alkyl halides is 3. The van der Waals surface area contributed by atoms with E-state index >= 15 is 0 Å². The van der Waals surface area contributed by atoms with Crippen molar-refractivity contribution in [3.63, 3.8) is 0 Å². The number of methoxy groups -OCH3 is 1. The van der Waals surface area contributed by atoms with Gasteiger partial charge in [-0.15, -0.1) is 0 Å². The van der Waals surface area contributed by atoms with E-state index < -0.39 is 30.3 Å². The lowest BCUT2D eigenvalue weighted by Crippen LogP contribution is -2.25. The standard InChI is InChI=1S/C14H16F3NO3/c1-8(2)21-13(19)11-12(14(15,16)17)18(11)9-4-6-10(20-3)7-5-9/h4-8,11-12H,1-3H3/t11-,12+,18?/m1/s1. The molecule has 2 rings (SSSR count). The summed E-state index contributed by atoms with van der Waals surface area (Å²) in [6.45, 7) is 3.20. The van der Waals surface area contributed by atoms with Crippen LogP contribution in [0.2, 0.25) is 0 Å². The molecule has 7 heteroatoms. The van der Waals surface area contributed by atoms with E-state index in [0.717, 1.165) is 4.90 Å². The molecule has 0 spiro atoms. The maximum atomic E-state index is 13.0. The number of anilines is 1. The average molecular weight is 303 g/mol. The van der Waals surface area contributed by atoms with E-state index in [1.165, 1.54) is 19.2 Å². The van der Waals surface area contributed by atoms with Crippen molar-refractivity contribution >= 4 is 11.7 Å². The van der Waals surface area contributed by atoms with Crippen LogP contribution in [-0.2, 0) is 9.53 Å². The number of carbonyl (C=O) groups is 1. The molecule has 0 unspecified atom stereocenters. The van der Waals surface area contributed by atoms with Crippen molar-refractivity contribution in [2.75, 3.05) is 12.0 Å². The van der Waals surface area contributed by atoms with Crippen LogP contribution in [0, 0.1) is 0 Å². The Morgan fingerprint density at radius 2 is 1.81 bits per heavy atom. The predicted molar refractivity (Wildman–Crippen MR) is 70.3 cm³/mol. The summed E-state index contributed by atoms with van der Waals surface area (Å²) >= 11 is 0. The Balaban J connectivity index is 2.21. The molecule has 0 saturated carbocycles. The summed E-state index contributed by atoms with van der Waals surface area (Å²) in [6, 6.07) is 2.91. The van der Waals surface area contributed by atoms with E-state index in [-0.39, 0.29) is 0 Å². The van der Waals surface area contributed by atoms with Gasteiger partial charge in [-0.05, 0) is 38.1 Å². The summed E-state index contributed by atoms with van der Waals surface area (Å²) in [5.74, 6) is -0.325. The van der Waals surface area contributed by atoms with Gasteiger partial charge in [0.1, 0.15) is 5.75 Å². The van der Waals surface area contributed by atoms with Crippen molar-refractivity contribution < 1.29 is 27.4 Å². The summed E-state index contributed by atoms with van der Waals surface area (Å²) in [4.78, 5) is 12.8. The highest BCUT2D eigenvalue weighted by molar-refractivity contribution is 5.88. The van der Waals surface area contributed by atoms with Gasteiger partial charge in [-0.2, -0.15) is 13.2 Å². The zero-order valence-electron chi connectivity index (χ0n) is 11.8. The second-order valence-electron chi connectivity index (χ2n) is 5.02. The largest absolute Gasteiger partial charge is 0.497 e. The Kier molecular flexibility index (Phi) is 4.02. The molecule has 1 saturated heterocycles. The SMILES string of the molecule is COc1ccc(N2[C@H](C(F)(F)F)[C@@H]2C(=O)OC(C)C)cc1. The number of ether oxygens (including phenoxy) is 2. The fraction of sp³-hybridized carbons (Fsp3) is 0.500. The number of hydrogen-bond acceptors (Lipinski definition) is 4. The highest BCUT2D eigenvalue weighted by Gasteiger charge is 2.67. The maximum Gasteiger partial charge on any atom is 0.411 e. The van der Waals surface area contributed by atoms with E-state index in [1.807, 2.05) is 0 Å². The van der Waals surface area contributed by atoms with Gasteiger partial charge in [0.15, 0.2) is 12.1 Å². The van der Waals surface area contributed by atoms with Crippen LogP contribution in [0.25, 0.3) is 0 Å². The van der Waals surface area contributed by atoms with Gasteiger partial charge in [0.2, 0.25) is 0 Å². The van der Waals surface area contributed by atoms with Crippen LogP contribution in [0.3, 0.4) is 0 Å². The molecule has 1 fully saturated rings. The highest BCUT2D eigenvalue weighted by atomic mass is 19.4. The van der Waals surface area contributed by atoms with Crippen LogP contribution in [0.1, 0.15) is 13.8 Å². The Bertz CT molecular complexity index is 513. The molecule has 4 nitrogen and oxygen atoms in total. The van der Waals surface area contributed by atoms with Crippen LogP contribution in [0.15, 0.2) is 24.3 Å². The Morgan fingerprint density at radius 1 is 1.24 bits per heavy atom. The zero-order chi connectivity index (χ0) is 15.8. The highest BCUT2D eigenvalue weighted by Crippen LogP contribution is 2.45. The zero-order valence-corrected chi connectivity index (χ0v) is 11.8. The quantitative estimate of drug-likeness (QED) is 0.633. The van der Waals surface area contributed by atoms with Crippen LogP contribution < -0.4 is 9.64 Å². The first kappa shape index (κ1) is 15.5. The third-order valence-corrected chi connectivity index (χ3v) is 3.11. The minimum atomic E-state index is -4.49. The van der Waals surface area contributed by atoms with E-state index in [2.05, 4.69) is 0 Å². The minimum Gasteiger partial charge on any atom is -0.497 e. The van der Waals surface area contributed by atoms with Gasteiger partial charge in [0.05, 0.1) is 13.2 Å². The van der Waals surface area contributed by atoms with E-state index in [1.54, 1.807) is 26.0 Å². The molecule has 0 radical (unpaired) electrons. The van der Waals surface area contributed by atoms with Crippen molar-refractivity contribution in [3.05, 3.63) is 24.3 Å². The van der Waals surface area contributed by atoms with Crippen LogP contribution in [-0.4, -0.2) is 37.4 Å². The van der Waals surface area contributed by atoms with Gasteiger partial charge in [0.25, 0.3) is 0 Å². The molecule has 1 heterocycles. The lowest BCUT2D eigenvalue weighted by Gasteiger charge is -2.09. The third-order valence-electron chi connectivity index (χ3n) is 3.11. The lowest BCUT2D eigenvalue weighted by molar-refractivity contribution is -0.152. The van der Waals surface area contributed by atoms with Gasteiger partial charge in [-0.1, -0.05) is 0 Å². The fourth-order valence-corrected chi connectivity index (χ4v) is 2.19. The number of esters is 1. The average Bonchev–Trinajstić information content (AvgIpc) is 3.13. The molecule has 1 aromatic carbocycles. The Labute approximate surface area is 120 Å². The molecule has 21 heavy (non-hydrogen) atoms. The first-order valence-corrected chi connectivity index (χ1v) is 6.45. The van der Waals surface area contributed by atoms with Crippen molar-refractivity contribution in [3.8, 4) is 5.75 Å². The molecule has 0 N–H and O–H groups in total. The summed E-state index contributed by atoms with van der Waals surface area (Å²) in [7, 11) is 1.47. The number of nitrogens with zero attached hydrogens (tertiary/aromatic N) is 1. The first-order valence-electron chi connectivity index (χ1n) is 6.45. The van der Waals surface area contributed by atoms with Crippen molar-refractivity contribution in [1.82, 2.24) is 0 Å². The molecule has 116 valence electrons. The monoisotopic (exact) mass is 303 g/mol. The molecule has 0 aromatic heterocycles. The van der Waals surface area contributed by atoms with Crippen LogP contribution in [0.5, 0.6) is 5.75 Å². The van der Waals surface area contributed by atoms with Gasteiger partial charge >= 0.3 is 12.1 Å². The summed E-state index contributed by atoms with van der Waals surface area (Å²) < 4.78 is 48.8. The number of hydrogen-bond donors (Lipinski definition) is 0. The van der Waals surface area contributed by atoms with Crippen LogP contribution >= 0.6 is 0 Å². The molecular formula is C14H16F3NO3. The molecule has 1 aliphatic rings. The first-order chi connectivity index (χ1) is 9.75. The number of benzene rings is 1. The summed E-state index contributed by atoms with van der Waals surface area (Å²) in [5.41, 5.74) is 0.309. The minimum absolute atomic E-state index is 0.309. The summed E-state index contributed by atoms with van der Waals surface area (Å²) in [5, 5.41) is 0. The second-order valence-corrected chi connectivity index (χ2v) is 5.02. The van der Waals surface area contributed by atoms with Gasteiger partial charge in [-0.3, -0.25) is 0 Å².